The van der Waals surface area contributed by atoms with Gasteiger partial charge in [-0.3, -0.25) is 0 Å². The first-order valence-electron chi connectivity index (χ1n) is 5.56. The summed E-state index contributed by atoms with van der Waals surface area (Å²) in [4.78, 5) is 2.18. The highest BCUT2D eigenvalue weighted by Gasteiger charge is 2.09. The molecule has 0 N–H and O–H groups in total. The second kappa shape index (κ2) is 7.10. The smallest absolute Gasteiger partial charge is 0.0507 e. The predicted molar refractivity (Wildman–Crippen MR) is 68.8 cm³/mol. The maximum atomic E-state index is 3.93. The lowest BCUT2D eigenvalue weighted by Gasteiger charge is -2.27. The van der Waals surface area contributed by atoms with E-state index in [1.807, 2.05) is 26.8 Å². The van der Waals surface area contributed by atoms with Crippen LogP contribution in [0.5, 0.6) is 0 Å². The van der Waals surface area contributed by atoms with E-state index < -0.39 is 0 Å². The van der Waals surface area contributed by atoms with Crippen LogP contribution in [0.3, 0.4) is 0 Å². The van der Waals surface area contributed by atoms with Gasteiger partial charge in [0.15, 0.2) is 0 Å². The molecule has 0 aliphatic carbocycles. The van der Waals surface area contributed by atoms with Crippen LogP contribution in [0.25, 0.3) is 0 Å². The molecule has 0 aliphatic rings. The van der Waals surface area contributed by atoms with Crippen molar-refractivity contribution >= 4 is 0 Å². The molecule has 15 heavy (non-hydrogen) atoms. The van der Waals surface area contributed by atoms with Crippen LogP contribution in [0, 0.1) is 0 Å². The number of benzene rings is 1. The Balaban J connectivity index is 0.000000921. The van der Waals surface area contributed by atoms with Crippen molar-refractivity contribution in [3.8, 4) is 0 Å². The van der Waals surface area contributed by atoms with E-state index in [9.17, 15) is 0 Å². The number of allylic oxidation sites excluding steroid dienone is 1. The van der Waals surface area contributed by atoms with Gasteiger partial charge in [0, 0.05) is 12.7 Å². The fraction of sp³-hybridized carbons (Fsp3) is 0.429. The lowest BCUT2D eigenvalue weighted by Crippen LogP contribution is -2.19. The molecule has 1 rings (SSSR count). The average molecular weight is 205 g/mol. The Hall–Kier alpha value is -1.24. The Morgan fingerprint density at radius 3 is 2.07 bits per heavy atom. The first-order valence-corrected chi connectivity index (χ1v) is 5.56. The molecule has 1 atom stereocenters. The van der Waals surface area contributed by atoms with E-state index in [2.05, 4.69) is 49.7 Å². The molecule has 0 saturated carbocycles. The van der Waals surface area contributed by atoms with Crippen molar-refractivity contribution in [2.75, 3.05) is 7.05 Å². The summed E-state index contributed by atoms with van der Waals surface area (Å²) >= 11 is 0. The van der Waals surface area contributed by atoms with Crippen LogP contribution in [0.1, 0.15) is 39.3 Å². The third-order valence-electron chi connectivity index (χ3n) is 2.47. The van der Waals surface area contributed by atoms with Gasteiger partial charge in [0.2, 0.25) is 0 Å². The third kappa shape index (κ3) is 4.20. The summed E-state index contributed by atoms with van der Waals surface area (Å²) in [6.45, 7) is 12.1. The number of nitrogens with zero attached hydrogens (tertiary/aromatic N) is 1. The van der Waals surface area contributed by atoms with Gasteiger partial charge in [0.25, 0.3) is 0 Å². The topological polar surface area (TPSA) is 3.24 Å². The van der Waals surface area contributed by atoms with Crippen molar-refractivity contribution in [1.29, 1.82) is 0 Å². The number of hydrogen-bond donors (Lipinski definition) is 0. The van der Waals surface area contributed by atoms with Gasteiger partial charge in [-0.25, -0.2) is 0 Å². The molecule has 0 spiro atoms. The number of hydrogen-bond acceptors (Lipinski definition) is 1. The highest BCUT2D eigenvalue weighted by Crippen LogP contribution is 2.20. The van der Waals surface area contributed by atoms with Crippen molar-refractivity contribution < 1.29 is 0 Å². The first kappa shape index (κ1) is 13.8. The van der Waals surface area contributed by atoms with Gasteiger partial charge in [-0.05, 0) is 19.4 Å². The molecule has 1 aromatic rings. The van der Waals surface area contributed by atoms with Crippen molar-refractivity contribution in [1.82, 2.24) is 4.90 Å². The Kier molecular flexibility index (Phi) is 6.52. The summed E-state index contributed by atoms with van der Waals surface area (Å²) in [5.41, 5.74) is 2.42. The zero-order valence-electron chi connectivity index (χ0n) is 10.6. The molecule has 1 nitrogen and oxygen atoms in total. The van der Waals surface area contributed by atoms with E-state index in [0.29, 0.717) is 6.04 Å². The third-order valence-corrected chi connectivity index (χ3v) is 2.47. The van der Waals surface area contributed by atoms with Crippen LogP contribution in [0.4, 0.5) is 0 Å². The lowest BCUT2D eigenvalue weighted by atomic mass is 10.1. The molecule has 0 saturated heterocycles. The van der Waals surface area contributed by atoms with E-state index in [1.165, 1.54) is 5.56 Å². The van der Waals surface area contributed by atoms with Crippen molar-refractivity contribution in [2.45, 2.75) is 33.7 Å². The van der Waals surface area contributed by atoms with Crippen LogP contribution in [-0.2, 0) is 0 Å². The Labute approximate surface area is 94.4 Å². The minimum absolute atomic E-state index is 0.402. The molecule has 84 valence electrons. The molecule has 0 aromatic heterocycles. The molecule has 0 radical (unpaired) electrons. The summed E-state index contributed by atoms with van der Waals surface area (Å²) in [5.74, 6) is 0. The Morgan fingerprint density at radius 2 is 1.67 bits per heavy atom. The molecular formula is C14H23N. The summed E-state index contributed by atoms with van der Waals surface area (Å²) in [5, 5.41) is 0. The molecule has 1 aromatic carbocycles. The normalized spacial score (nSPS) is 11.0. The second-order valence-electron chi connectivity index (χ2n) is 3.43. The predicted octanol–water partition coefficient (Wildman–Crippen LogP) is 4.24. The fourth-order valence-corrected chi connectivity index (χ4v) is 1.29. The van der Waals surface area contributed by atoms with Crippen LogP contribution in [-0.4, -0.2) is 11.9 Å². The summed E-state index contributed by atoms with van der Waals surface area (Å²) in [7, 11) is 2.07. The maximum Gasteiger partial charge on any atom is 0.0507 e. The molecule has 1 heteroatoms. The SMILES string of the molecule is C=C(C)N(C)C(C)c1ccccc1.CC. The minimum Gasteiger partial charge on any atom is -0.372 e. The molecule has 0 amide bonds. The zero-order valence-corrected chi connectivity index (χ0v) is 10.6. The van der Waals surface area contributed by atoms with Crippen LogP contribution in [0.15, 0.2) is 42.6 Å². The van der Waals surface area contributed by atoms with E-state index in [1.54, 1.807) is 0 Å². The van der Waals surface area contributed by atoms with Gasteiger partial charge in [-0.1, -0.05) is 50.8 Å². The summed E-state index contributed by atoms with van der Waals surface area (Å²) in [6, 6.07) is 10.9. The second-order valence-corrected chi connectivity index (χ2v) is 3.43. The molecule has 1 unspecified atom stereocenters. The quantitative estimate of drug-likeness (QED) is 0.713. The van der Waals surface area contributed by atoms with Crippen molar-refractivity contribution in [2.24, 2.45) is 0 Å². The number of rotatable bonds is 3. The first-order chi connectivity index (χ1) is 7.13. The average Bonchev–Trinajstić information content (AvgIpc) is 2.31. The monoisotopic (exact) mass is 205 g/mol. The summed E-state index contributed by atoms with van der Waals surface area (Å²) in [6.07, 6.45) is 0. The highest BCUT2D eigenvalue weighted by molar-refractivity contribution is 5.19. The van der Waals surface area contributed by atoms with E-state index in [0.717, 1.165) is 5.70 Å². The Bertz CT molecular complexity index is 277. The van der Waals surface area contributed by atoms with Gasteiger partial charge in [-0.2, -0.15) is 0 Å². The van der Waals surface area contributed by atoms with Crippen LogP contribution in [0.2, 0.25) is 0 Å². The molecule has 0 bridgehead atoms. The van der Waals surface area contributed by atoms with Gasteiger partial charge in [0.1, 0.15) is 0 Å². The van der Waals surface area contributed by atoms with Crippen molar-refractivity contribution in [3.05, 3.63) is 48.2 Å². The van der Waals surface area contributed by atoms with Crippen molar-refractivity contribution in [3.63, 3.8) is 0 Å². The minimum atomic E-state index is 0.402. The lowest BCUT2D eigenvalue weighted by molar-refractivity contribution is 0.332. The van der Waals surface area contributed by atoms with E-state index in [4.69, 9.17) is 0 Å². The maximum absolute atomic E-state index is 3.93. The fourth-order valence-electron chi connectivity index (χ4n) is 1.29. The van der Waals surface area contributed by atoms with Gasteiger partial charge in [0.05, 0.1) is 6.04 Å². The molecule has 0 fully saturated rings. The van der Waals surface area contributed by atoms with Gasteiger partial charge < -0.3 is 4.90 Å². The van der Waals surface area contributed by atoms with Crippen LogP contribution >= 0.6 is 0 Å². The molecule has 0 aliphatic heterocycles. The largest absolute Gasteiger partial charge is 0.372 e. The van der Waals surface area contributed by atoms with E-state index >= 15 is 0 Å². The highest BCUT2D eigenvalue weighted by atomic mass is 15.1. The zero-order chi connectivity index (χ0) is 11.8. The Morgan fingerprint density at radius 1 is 1.20 bits per heavy atom. The molecule has 0 heterocycles. The van der Waals surface area contributed by atoms with Gasteiger partial charge >= 0.3 is 0 Å². The van der Waals surface area contributed by atoms with Crippen LogP contribution < -0.4 is 0 Å². The standard InChI is InChI=1S/C12H17N.C2H6/c1-10(2)13(4)11(3)12-8-6-5-7-9-12;1-2/h5-9,11H,1H2,2-4H3;1-2H3. The summed E-state index contributed by atoms with van der Waals surface area (Å²) < 4.78 is 0. The molecular weight excluding hydrogens is 182 g/mol. The van der Waals surface area contributed by atoms with Gasteiger partial charge in [-0.15, -0.1) is 0 Å². The van der Waals surface area contributed by atoms with E-state index in [-0.39, 0.29) is 0 Å².